The van der Waals surface area contributed by atoms with Crippen LogP contribution in [0.1, 0.15) is 17.5 Å². The van der Waals surface area contributed by atoms with E-state index in [1.165, 1.54) is 0 Å². The molecule has 7 nitrogen and oxygen atoms in total. The first kappa shape index (κ1) is 16.5. The third-order valence-corrected chi connectivity index (χ3v) is 4.95. The predicted octanol–water partition coefficient (Wildman–Crippen LogP) is 2.17. The zero-order chi connectivity index (χ0) is 18.4. The molecule has 0 aliphatic carbocycles. The second-order valence-corrected chi connectivity index (χ2v) is 6.78. The number of fused-ring (bicyclic) bond motifs is 1. The molecule has 4 rings (SSSR count). The number of benzene rings is 1. The first-order valence-corrected chi connectivity index (χ1v) is 8.60. The first-order valence-electron chi connectivity index (χ1n) is 8.60. The van der Waals surface area contributed by atoms with Gasteiger partial charge in [0.2, 0.25) is 0 Å². The van der Waals surface area contributed by atoms with E-state index in [0.29, 0.717) is 23.7 Å². The molecule has 0 unspecified atom stereocenters. The second kappa shape index (κ2) is 6.10. The number of nitrogens with zero attached hydrogens (tertiary/aromatic N) is 4. The molecule has 1 saturated heterocycles. The summed E-state index contributed by atoms with van der Waals surface area (Å²) in [5, 5.41) is 20.5. The van der Waals surface area contributed by atoms with Crippen LogP contribution < -0.4 is 10.6 Å². The molecule has 134 valence electrons. The zero-order valence-corrected chi connectivity index (χ0v) is 14.8. The van der Waals surface area contributed by atoms with E-state index in [9.17, 15) is 10.2 Å². The number of hydrogen-bond donors (Lipinski definition) is 3. The van der Waals surface area contributed by atoms with Crippen molar-refractivity contribution in [3.05, 3.63) is 35.5 Å². The number of β-amino-alcohol motifs (C(OH)–C–C–N with tert-alkyl or cyclic N) is 1. The lowest BCUT2D eigenvalue weighted by molar-refractivity contribution is 0.198. The molecule has 1 atom stereocenters. The Morgan fingerprint density at radius 3 is 2.77 bits per heavy atom. The van der Waals surface area contributed by atoms with E-state index in [0.717, 1.165) is 40.9 Å². The summed E-state index contributed by atoms with van der Waals surface area (Å²) in [6.07, 6.45) is 2.10. The number of aromatic hydroxyl groups is 1. The summed E-state index contributed by atoms with van der Waals surface area (Å²) >= 11 is 0. The van der Waals surface area contributed by atoms with Crippen molar-refractivity contribution in [2.24, 2.45) is 0 Å². The predicted molar refractivity (Wildman–Crippen MR) is 101 cm³/mol. The van der Waals surface area contributed by atoms with Gasteiger partial charge < -0.3 is 20.8 Å². The molecule has 3 aromatic rings. The van der Waals surface area contributed by atoms with Gasteiger partial charge in [0.15, 0.2) is 5.82 Å². The molecule has 7 heteroatoms. The monoisotopic (exact) mass is 351 g/mol. The molecule has 1 aromatic carbocycles. The summed E-state index contributed by atoms with van der Waals surface area (Å²) in [6.45, 7) is 5.12. The fourth-order valence-corrected chi connectivity index (χ4v) is 3.46. The quantitative estimate of drug-likeness (QED) is 0.649. The van der Waals surface area contributed by atoms with Gasteiger partial charge >= 0.3 is 0 Å². The second-order valence-electron chi connectivity index (χ2n) is 6.78. The standard InChI is InChI=1S/C19H21N5O2/c1-10-3-4-15(26)11(2)17(10)19-22-14-8-21-16(7-13(14)18(20)23-19)24-6-5-12(25)9-24/h3-4,7-8,12,25-26H,5-6,9H2,1-2H3,(H2,20,22,23)/t12-/m0/s1. The SMILES string of the molecule is Cc1ccc(O)c(C)c1-c1nc(N)c2cc(N3CC[C@H](O)C3)ncc2n1. The van der Waals surface area contributed by atoms with Crippen LogP contribution in [0.5, 0.6) is 5.75 Å². The van der Waals surface area contributed by atoms with E-state index in [2.05, 4.69) is 15.0 Å². The molecule has 2 aromatic heterocycles. The number of aliphatic hydroxyl groups excluding tert-OH is 1. The number of rotatable bonds is 2. The van der Waals surface area contributed by atoms with Gasteiger partial charge in [0.25, 0.3) is 0 Å². The van der Waals surface area contributed by atoms with Crippen molar-refractivity contribution in [2.45, 2.75) is 26.4 Å². The highest BCUT2D eigenvalue weighted by molar-refractivity contribution is 5.91. The number of phenolic OH excluding ortho intramolecular Hbond substituents is 1. The van der Waals surface area contributed by atoms with Gasteiger partial charge in [0.1, 0.15) is 17.4 Å². The molecule has 1 aliphatic heterocycles. The van der Waals surface area contributed by atoms with Gasteiger partial charge in [-0.15, -0.1) is 0 Å². The summed E-state index contributed by atoms with van der Waals surface area (Å²) in [7, 11) is 0. The highest BCUT2D eigenvalue weighted by Gasteiger charge is 2.22. The molecule has 1 fully saturated rings. The van der Waals surface area contributed by atoms with E-state index in [1.54, 1.807) is 12.3 Å². The summed E-state index contributed by atoms with van der Waals surface area (Å²) in [4.78, 5) is 15.6. The number of phenols is 1. The Bertz CT molecular complexity index is 1000. The minimum atomic E-state index is -0.319. The van der Waals surface area contributed by atoms with E-state index >= 15 is 0 Å². The summed E-state index contributed by atoms with van der Waals surface area (Å²) in [6, 6.07) is 5.37. The van der Waals surface area contributed by atoms with Gasteiger partial charge in [0.05, 0.1) is 17.8 Å². The molecule has 0 radical (unpaired) electrons. The minimum Gasteiger partial charge on any atom is -0.508 e. The third kappa shape index (κ3) is 2.70. The van der Waals surface area contributed by atoms with Crippen LogP contribution in [0.3, 0.4) is 0 Å². The van der Waals surface area contributed by atoms with Crippen LogP contribution >= 0.6 is 0 Å². The maximum atomic E-state index is 10.0. The van der Waals surface area contributed by atoms with Gasteiger partial charge in [-0.3, -0.25) is 0 Å². The number of aryl methyl sites for hydroxylation is 1. The van der Waals surface area contributed by atoms with Crippen LogP contribution in [0.2, 0.25) is 0 Å². The van der Waals surface area contributed by atoms with Gasteiger partial charge in [0, 0.05) is 29.6 Å². The Morgan fingerprint density at radius 1 is 1.23 bits per heavy atom. The molecule has 4 N–H and O–H groups in total. The van der Waals surface area contributed by atoms with Crippen molar-refractivity contribution in [3.63, 3.8) is 0 Å². The number of pyridine rings is 1. The van der Waals surface area contributed by atoms with Crippen molar-refractivity contribution in [1.82, 2.24) is 15.0 Å². The Labute approximate surface area is 151 Å². The number of nitrogen functional groups attached to an aromatic ring is 1. The average Bonchev–Trinajstić information content (AvgIpc) is 3.05. The Hall–Kier alpha value is -2.93. The van der Waals surface area contributed by atoms with Crippen LogP contribution in [0, 0.1) is 13.8 Å². The Morgan fingerprint density at radius 2 is 2.04 bits per heavy atom. The van der Waals surface area contributed by atoms with Crippen LogP contribution in [0.15, 0.2) is 24.4 Å². The van der Waals surface area contributed by atoms with Crippen LogP contribution in [0.25, 0.3) is 22.3 Å². The lowest BCUT2D eigenvalue weighted by Gasteiger charge is -2.17. The normalized spacial score (nSPS) is 17.2. The molecule has 1 aliphatic rings. The van der Waals surface area contributed by atoms with Crippen LogP contribution in [-0.2, 0) is 0 Å². The number of aromatic nitrogens is 3. The Balaban J connectivity index is 1.82. The first-order chi connectivity index (χ1) is 12.4. The van der Waals surface area contributed by atoms with Crippen molar-refractivity contribution in [3.8, 4) is 17.1 Å². The smallest absolute Gasteiger partial charge is 0.162 e. The minimum absolute atomic E-state index is 0.203. The number of aliphatic hydroxyl groups is 1. The molecule has 3 heterocycles. The Kier molecular flexibility index (Phi) is 3.88. The topological polar surface area (TPSA) is 108 Å². The fourth-order valence-electron chi connectivity index (χ4n) is 3.46. The maximum absolute atomic E-state index is 10.0. The number of anilines is 2. The molecular weight excluding hydrogens is 330 g/mol. The molecule has 0 amide bonds. The molecular formula is C19H21N5O2. The van der Waals surface area contributed by atoms with E-state index in [4.69, 9.17) is 5.73 Å². The molecule has 0 spiro atoms. The van der Waals surface area contributed by atoms with Gasteiger partial charge in [-0.25, -0.2) is 15.0 Å². The molecule has 0 bridgehead atoms. The molecule has 0 saturated carbocycles. The van der Waals surface area contributed by atoms with Crippen LogP contribution in [0.4, 0.5) is 11.6 Å². The lowest BCUT2D eigenvalue weighted by Crippen LogP contribution is -2.22. The summed E-state index contributed by atoms with van der Waals surface area (Å²) in [5.74, 6) is 1.82. The van der Waals surface area contributed by atoms with Crippen molar-refractivity contribution in [1.29, 1.82) is 0 Å². The van der Waals surface area contributed by atoms with Gasteiger partial charge in [-0.1, -0.05) is 6.07 Å². The van der Waals surface area contributed by atoms with Crippen molar-refractivity contribution < 1.29 is 10.2 Å². The third-order valence-electron chi connectivity index (χ3n) is 4.95. The van der Waals surface area contributed by atoms with E-state index in [1.807, 2.05) is 30.9 Å². The van der Waals surface area contributed by atoms with Gasteiger partial charge in [-0.05, 0) is 38.0 Å². The number of nitrogens with two attached hydrogens (primary N) is 1. The van der Waals surface area contributed by atoms with Crippen LogP contribution in [-0.4, -0.2) is 44.4 Å². The molecule has 26 heavy (non-hydrogen) atoms. The summed E-state index contributed by atoms with van der Waals surface area (Å²) < 4.78 is 0. The number of hydrogen-bond acceptors (Lipinski definition) is 7. The van der Waals surface area contributed by atoms with Gasteiger partial charge in [-0.2, -0.15) is 0 Å². The highest BCUT2D eigenvalue weighted by Crippen LogP contribution is 2.33. The summed E-state index contributed by atoms with van der Waals surface area (Å²) in [5.41, 5.74) is 9.34. The van der Waals surface area contributed by atoms with Crippen molar-refractivity contribution in [2.75, 3.05) is 23.7 Å². The van der Waals surface area contributed by atoms with Crippen molar-refractivity contribution >= 4 is 22.5 Å². The maximum Gasteiger partial charge on any atom is 0.162 e. The zero-order valence-electron chi connectivity index (χ0n) is 14.8. The van der Waals surface area contributed by atoms with E-state index in [-0.39, 0.29) is 11.9 Å². The highest BCUT2D eigenvalue weighted by atomic mass is 16.3. The average molecular weight is 351 g/mol. The fraction of sp³-hybridized carbons (Fsp3) is 0.316. The largest absolute Gasteiger partial charge is 0.508 e. The van der Waals surface area contributed by atoms with E-state index < -0.39 is 0 Å². The lowest BCUT2D eigenvalue weighted by atomic mass is 10.0.